The van der Waals surface area contributed by atoms with Crippen LogP contribution < -0.4 is 0 Å². The van der Waals surface area contributed by atoms with E-state index in [0.717, 1.165) is 49.6 Å². The summed E-state index contributed by atoms with van der Waals surface area (Å²) in [6.07, 6.45) is 3.42. The van der Waals surface area contributed by atoms with Crippen molar-refractivity contribution < 1.29 is 18.7 Å². The van der Waals surface area contributed by atoms with Gasteiger partial charge in [-0.1, -0.05) is 12.8 Å². The quantitative estimate of drug-likeness (QED) is 0.850. The van der Waals surface area contributed by atoms with Crippen LogP contribution in [0.5, 0.6) is 0 Å². The van der Waals surface area contributed by atoms with Gasteiger partial charge in [0.25, 0.3) is 0 Å². The maximum absolute atomic E-state index is 13.1. The van der Waals surface area contributed by atoms with E-state index < -0.39 is 17.2 Å². The van der Waals surface area contributed by atoms with Crippen molar-refractivity contribution in [2.45, 2.75) is 36.2 Å². The lowest BCUT2D eigenvalue weighted by Gasteiger charge is -2.28. The van der Waals surface area contributed by atoms with Crippen LogP contribution in [0.15, 0.2) is 23.1 Å². The third-order valence-corrected chi connectivity index (χ3v) is 4.72. The van der Waals surface area contributed by atoms with E-state index in [9.17, 15) is 18.7 Å². The molecule has 1 saturated carbocycles. The first-order valence-electron chi connectivity index (χ1n) is 6.94. The van der Waals surface area contributed by atoms with Gasteiger partial charge >= 0.3 is 0 Å². The Morgan fingerprint density at radius 3 is 2.62 bits per heavy atom. The van der Waals surface area contributed by atoms with Crippen LogP contribution in [0, 0.1) is 11.6 Å². The Morgan fingerprint density at radius 2 is 2.00 bits per heavy atom. The Kier molecular flexibility index (Phi) is 5.22. The number of amides is 1. The van der Waals surface area contributed by atoms with Crippen LogP contribution in [-0.4, -0.2) is 40.9 Å². The Hall–Kier alpha value is -1.14. The lowest BCUT2D eigenvalue weighted by Crippen LogP contribution is -2.42. The zero-order valence-electron chi connectivity index (χ0n) is 11.9. The fourth-order valence-electron chi connectivity index (χ4n) is 2.54. The molecule has 1 fully saturated rings. The van der Waals surface area contributed by atoms with Crippen molar-refractivity contribution in [3.8, 4) is 0 Å². The Balaban J connectivity index is 1.84. The van der Waals surface area contributed by atoms with Crippen LogP contribution in [0.2, 0.25) is 0 Å². The molecule has 0 aliphatic heterocycles. The molecule has 0 heterocycles. The fourth-order valence-corrected chi connectivity index (χ4v) is 3.40. The van der Waals surface area contributed by atoms with E-state index in [0.29, 0.717) is 11.4 Å². The summed E-state index contributed by atoms with van der Waals surface area (Å²) in [5.41, 5.74) is -0.767. The highest BCUT2D eigenvalue weighted by molar-refractivity contribution is 8.00. The number of hydrogen-bond acceptors (Lipinski definition) is 3. The number of nitrogens with zero attached hydrogens (tertiary/aromatic N) is 1. The van der Waals surface area contributed by atoms with Gasteiger partial charge in [-0.05, 0) is 31.0 Å². The number of aliphatic hydroxyl groups is 1. The third kappa shape index (κ3) is 4.41. The second-order valence-electron chi connectivity index (χ2n) is 5.55. The first-order valence-corrected chi connectivity index (χ1v) is 7.92. The molecule has 0 atom stereocenters. The number of halogens is 2. The van der Waals surface area contributed by atoms with Gasteiger partial charge in [0.15, 0.2) is 11.6 Å². The highest BCUT2D eigenvalue weighted by Crippen LogP contribution is 2.30. The molecular weight excluding hydrogens is 296 g/mol. The number of rotatable bonds is 5. The van der Waals surface area contributed by atoms with E-state index in [-0.39, 0.29) is 11.7 Å². The Labute approximate surface area is 127 Å². The van der Waals surface area contributed by atoms with Gasteiger partial charge in [0.1, 0.15) is 0 Å². The molecule has 0 radical (unpaired) electrons. The van der Waals surface area contributed by atoms with Crippen molar-refractivity contribution in [2.75, 3.05) is 19.3 Å². The second kappa shape index (κ2) is 6.75. The van der Waals surface area contributed by atoms with Gasteiger partial charge < -0.3 is 10.0 Å². The largest absolute Gasteiger partial charge is 0.388 e. The highest BCUT2D eigenvalue weighted by atomic mass is 32.2. The molecule has 1 aromatic rings. The molecule has 1 aromatic carbocycles. The number of likely N-dealkylation sites (N-methyl/N-ethyl adjacent to an activating group) is 1. The van der Waals surface area contributed by atoms with Crippen molar-refractivity contribution in [1.82, 2.24) is 4.90 Å². The summed E-state index contributed by atoms with van der Waals surface area (Å²) in [5, 5.41) is 10.3. The van der Waals surface area contributed by atoms with Gasteiger partial charge in [-0.25, -0.2) is 8.78 Å². The number of benzene rings is 1. The van der Waals surface area contributed by atoms with Crippen LogP contribution in [0.3, 0.4) is 0 Å². The normalized spacial score (nSPS) is 17.0. The van der Waals surface area contributed by atoms with Gasteiger partial charge in [-0.3, -0.25) is 4.79 Å². The van der Waals surface area contributed by atoms with Gasteiger partial charge in [0, 0.05) is 18.5 Å². The average Bonchev–Trinajstić information content (AvgIpc) is 2.86. The minimum absolute atomic E-state index is 0.134. The van der Waals surface area contributed by atoms with Crippen molar-refractivity contribution >= 4 is 17.7 Å². The number of hydrogen-bond donors (Lipinski definition) is 1. The summed E-state index contributed by atoms with van der Waals surface area (Å²) < 4.78 is 25.9. The summed E-state index contributed by atoms with van der Waals surface area (Å²) in [6, 6.07) is 3.58. The van der Waals surface area contributed by atoms with E-state index in [1.54, 1.807) is 7.05 Å². The molecule has 0 bridgehead atoms. The molecule has 0 spiro atoms. The van der Waals surface area contributed by atoms with Gasteiger partial charge in [-0.15, -0.1) is 11.8 Å². The Morgan fingerprint density at radius 1 is 1.33 bits per heavy atom. The SMILES string of the molecule is CN(CC1(O)CCCC1)C(=O)CSc1ccc(F)c(F)c1. The maximum Gasteiger partial charge on any atom is 0.232 e. The van der Waals surface area contributed by atoms with Crippen LogP contribution in [0.1, 0.15) is 25.7 Å². The predicted molar refractivity (Wildman–Crippen MR) is 78.1 cm³/mol. The smallest absolute Gasteiger partial charge is 0.232 e. The minimum atomic E-state index is -0.916. The molecule has 0 unspecified atom stereocenters. The molecule has 21 heavy (non-hydrogen) atoms. The van der Waals surface area contributed by atoms with E-state index in [1.165, 1.54) is 11.0 Å². The summed E-state index contributed by atoms with van der Waals surface area (Å²) in [6.45, 7) is 0.324. The molecule has 0 saturated heterocycles. The lowest BCUT2D eigenvalue weighted by atomic mass is 10.0. The topological polar surface area (TPSA) is 40.5 Å². The second-order valence-corrected chi connectivity index (χ2v) is 6.59. The van der Waals surface area contributed by atoms with E-state index in [4.69, 9.17) is 0 Å². The zero-order chi connectivity index (χ0) is 15.5. The first-order chi connectivity index (χ1) is 9.89. The summed E-state index contributed by atoms with van der Waals surface area (Å²) in [5.74, 6) is -1.81. The molecular formula is C15H19F2NO2S. The van der Waals surface area contributed by atoms with Crippen LogP contribution in [0.4, 0.5) is 8.78 Å². The van der Waals surface area contributed by atoms with Gasteiger partial charge in [-0.2, -0.15) is 0 Å². The molecule has 3 nitrogen and oxygen atoms in total. The van der Waals surface area contributed by atoms with Crippen LogP contribution in [-0.2, 0) is 4.79 Å². The van der Waals surface area contributed by atoms with E-state index in [2.05, 4.69) is 0 Å². The molecule has 1 N–H and O–H groups in total. The fraction of sp³-hybridized carbons (Fsp3) is 0.533. The first kappa shape index (κ1) is 16.2. The molecule has 1 aliphatic carbocycles. The van der Waals surface area contributed by atoms with Crippen molar-refractivity contribution in [3.63, 3.8) is 0 Å². The molecule has 116 valence electrons. The summed E-state index contributed by atoms with van der Waals surface area (Å²) in [4.78, 5) is 14.0. The van der Waals surface area contributed by atoms with Gasteiger partial charge in [0.05, 0.1) is 11.4 Å². The molecule has 2 rings (SSSR count). The van der Waals surface area contributed by atoms with E-state index >= 15 is 0 Å². The monoisotopic (exact) mass is 315 g/mol. The molecule has 1 amide bonds. The zero-order valence-corrected chi connectivity index (χ0v) is 12.8. The number of carbonyl (C=O) groups is 1. The highest BCUT2D eigenvalue weighted by Gasteiger charge is 2.33. The van der Waals surface area contributed by atoms with Crippen LogP contribution >= 0.6 is 11.8 Å². The van der Waals surface area contributed by atoms with Gasteiger partial charge in [0.2, 0.25) is 5.91 Å². The predicted octanol–water partition coefficient (Wildman–Crippen LogP) is 2.82. The summed E-state index contributed by atoms with van der Waals surface area (Å²) >= 11 is 1.16. The van der Waals surface area contributed by atoms with Crippen LogP contribution in [0.25, 0.3) is 0 Å². The molecule has 0 aromatic heterocycles. The summed E-state index contributed by atoms with van der Waals surface area (Å²) in [7, 11) is 1.66. The maximum atomic E-state index is 13.1. The Bertz CT molecular complexity index is 518. The van der Waals surface area contributed by atoms with Crippen molar-refractivity contribution in [3.05, 3.63) is 29.8 Å². The minimum Gasteiger partial charge on any atom is -0.388 e. The van der Waals surface area contributed by atoms with Crippen molar-refractivity contribution in [2.24, 2.45) is 0 Å². The van der Waals surface area contributed by atoms with Crippen molar-refractivity contribution in [1.29, 1.82) is 0 Å². The molecule has 1 aliphatic rings. The average molecular weight is 315 g/mol. The number of thioether (sulfide) groups is 1. The number of carbonyl (C=O) groups excluding carboxylic acids is 1. The van der Waals surface area contributed by atoms with E-state index in [1.807, 2.05) is 0 Å². The lowest BCUT2D eigenvalue weighted by molar-refractivity contribution is -0.130. The molecule has 6 heteroatoms. The third-order valence-electron chi connectivity index (χ3n) is 3.74. The standard InChI is InChI=1S/C15H19F2NO2S/c1-18(10-15(20)6-2-3-7-15)14(19)9-21-11-4-5-12(16)13(17)8-11/h4-5,8,20H,2-3,6-7,9-10H2,1H3.